The van der Waals surface area contributed by atoms with Gasteiger partial charge in [0.1, 0.15) is 28.6 Å². The highest BCUT2D eigenvalue weighted by molar-refractivity contribution is 8.01. The molecule has 0 bridgehead atoms. The van der Waals surface area contributed by atoms with Crippen molar-refractivity contribution in [2.45, 2.75) is 18.2 Å². The first-order valence-corrected chi connectivity index (χ1v) is 13.8. The molecule has 0 saturated carbocycles. The van der Waals surface area contributed by atoms with Crippen molar-refractivity contribution in [2.24, 2.45) is 5.92 Å². The second kappa shape index (κ2) is 10.6. The van der Waals surface area contributed by atoms with Crippen LogP contribution >= 0.6 is 0 Å². The number of aromatic nitrogens is 3. The van der Waals surface area contributed by atoms with Crippen LogP contribution in [0.25, 0.3) is 22.0 Å². The third kappa shape index (κ3) is 5.57. The molecule has 2 aromatic carbocycles. The van der Waals surface area contributed by atoms with E-state index in [1.807, 2.05) is 19.1 Å². The number of pyridine rings is 1. The number of nitrogens with zero attached hydrogens (tertiary/aromatic N) is 3. The molecule has 2 unspecified atom stereocenters. The number of benzene rings is 2. The molecule has 1 aliphatic rings. The zero-order valence-electron chi connectivity index (χ0n) is 21.4. The molecule has 3 heterocycles. The second-order valence-corrected chi connectivity index (χ2v) is 11.2. The van der Waals surface area contributed by atoms with Crippen LogP contribution in [0.1, 0.15) is 12.1 Å². The standard InChI is InChI=1S/C27H27F2N5O4S/c1-15-20-8-17(10-23(25(20)33-27(30)32-15)38-14-16-6-7-37-13-16)18-9-22(26(36-2)31-12-18)34-39(3,35)24-5-4-19(28)11-21(24)29/h4-5,8-12,16H,3,6-7,13-14H2,1-2H3,(H,34,35)(H2,30,32,33). The van der Waals surface area contributed by atoms with Crippen LogP contribution < -0.4 is 19.9 Å². The first kappa shape index (κ1) is 26.6. The van der Waals surface area contributed by atoms with E-state index < -0.39 is 21.3 Å². The molecule has 2 aromatic heterocycles. The van der Waals surface area contributed by atoms with Gasteiger partial charge in [0, 0.05) is 35.7 Å². The third-order valence-corrected chi connectivity index (χ3v) is 7.96. The summed E-state index contributed by atoms with van der Waals surface area (Å²) in [4.78, 5) is 12.8. The van der Waals surface area contributed by atoms with E-state index in [1.54, 1.807) is 12.3 Å². The molecular formula is C27H27F2N5O4S. The van der Waals surface area contributed by atoms with Gasteiger partial charge in [-0.3, -0.25) is 0 Å². The van der Waals surface area contributed by atoms with Gasteiger partial charge in [-0.15, -0.1) is 0 Å². The van der Waals surface area contributed by atoms with Crippen molar-refractivity contribution in [1.29, 1.82) is 0 Å². The Morgan fingerprint density at radius 3 is 2.74 bits per heavy atom. The summed E-state index contributed by atoms with van der Waals surface area (Å²) < 4.78 is 61.0. The van der Waals surface area contributed by atoms with Crippen molar-refractivity contribution < 1.29 is 27.2 Å². The maximum Gasteiger partial charge on any atom is 0.238 e. The van der Waals surface area contributed by atoms with Crippen molar-refractivity contribution in [3.63, 3.8) is 0 Å². The molecule has 4 aromatic rings. The molecule has 12 heteroatoms. The van der Waals surface area contributed by atoms with Crippen molar-refractivity contribution >= 4 is 38.1 Å². The number of nitrogens with one attached hydrogen (secondary N) is 1. The van der Waals surface area contributed by atoms with Gasteiger partial charge < -0.3 is 24.7 Å². The second-order valence-electron chi connectivity index (χ2n) is 9.21. The summed E-state index contributed by atoms with van der Waals surface area (Å²) in [7, 11) is -2.05. The highest BCUT2D eigenvalue weighted by atomic mass is 32.2. The van der Waals surface area contributed by atoms with Gasteiger partial charge in [-0.05, 0) is 55.1 Å². The lowest BCUT2D eigenvalue weighted by Gasteiger charge is -2.17. The van der Waals surface area contributed by atoms with Gasteiger partial charge in [-0.25, -0.2) is 27.9 Å². The van der Waals surface area contributed by atoms with Crippen molar-refractivity contribution in [1.82, 2.24) is 15.0 Å². The van der Waals surface area contributed by atoms with Crippen molar-refractivity contribution in [3.8, 4) is 22.8 Å². The lowest BCUT2D eigenvalue weighted by atomic mass is 10.0. The molecule has 0 amide bonds. The summed E-state index contributed by atoms with van der Waals surface area (Å²) in [5.74, 6) is 2.92. The van der Waals surface area contributed by atoms with E-state index in [1.165, 1.54) is 7.11 Å². The normalized spacial score (nSPS) is 16.7. The number of methoxy groups -OCH3 is 1. The molecule has 0 spiro atoms. The Balaban J connectivity index is 1.56. The molecule has 2 atom stereocenters. The number of nitrogen functional groups attached to an aromatic ring is 1. The van der Waals surface area contributed by atoms with E-state index in [2.05, 4.69) is 25.5 Å². The molecule has 204 valence electrons. The van der Waals surface area contributed by atoms with E-state index >= 15 is 0 Å². The Morgan fingerprint density at radius 1 is 1.21 bits per heavy atom. The van der Waals surface area contributed by atoms with Crippen LogP contribution in [0, 0.1) is 24.5 Å². The van der Waals surface area contributed by atoms with Gasteiger partial charge in [0.05, 0.1) is 40.6 Å². The average molecular weight is 556 g/mol. The predicted octanol–water partition coefficient (Wildman–Crippen LogP) is 4.39. The van der Waals surface area contributed by atoms with E-state index in [9.17, 15) is 13.0 Å². The van der Waals surface area contributed by atoms with Crippen LogP contribution in [0.3, 0.4) is 0 Å². The summed E-state index contributed by atoms with van der Waals surface area (Å²) in [6.07, 6.45) is 2.49. The molecule has 1 fully saturated rings. The third-order valence-electron chi connectivity index (χ3n) is 6.37. The van der Waals surface area contributed by atoms with Crippen LogP contribution in [0.2, 0.25) is 0 Å². The zero-order chi connectivity index (χ0) is 27.7. The predicted molar refractivity (Wildman–Crippen MR) is 146 cm³/mol. The minimum absolute atomic E-state index is 0.114. The maximum absolute atomic E-state index is 14.4. The van der Waals surface area contributed by atoms with Crippen LogP contribution in [-0.2, 0) is 14.4 Å². The summed E-state index contributed by atoms with van der Waals surface area (Å²) >= 11 is 0. The van der Waals surface area contributed by atoms with Crippen LogP contribution in [0.5, 0.6) is 11.6 Å². The Hall–Kier alpha value is -4.03. The summed E-state index contributed by atoms with van der Waals surface area (Å²) in [6, 6.07) is 8.11. The Morgan fingerprint density at radius 2 is 2.03 bits per heavy atom. The van der Waals surface area contributed by atoms with E-state index in [0.717, 1.165) is 23.9 Å². The molecule has 1 aliphatic heterocycles. The lowest BCUT2D eigenvalue weighted by molar-refractivity contribution is 0.167. The molecule has 0 aliphatic carbocycles. The molecule has 0 radical (unpaired) electrons. The monoisotopic (exact) mass is 555 g/mol. The van der Waals surface area contributed by atoms with Gasteiger partial charge in [-0.1, -0.05) is 0 Å². The topological polar surface area (TPSA) is 121 Å². The van der Waals surface area contributed by atoms with E-state index in [0.29, 0.717) is 54.0 Å². The molecule has 5 rings (SSSR count). The maximum atomic E-state index is 14.4. The van der Waals surface area contributed by atoms with Gasteiger partial charge in [-0.2, -0.15) is 0 Å². The molecule has 39 heavy (non-hydrogen) atoms. The fourth-order valence-electron chi connectivity index (χ4n) is 4.39. The number of aryl methyl sites for hydroxylation is 1. The molecule has 3 N–H and O–H groups in total. The smallest absolute Gasteiger partial charge is 0.238 e. The van der Waals surface area contributed by atoms with Gasteiger partial charge in [0.25, 0.3) is 0 Å². The first-order valence-electron chi connectivity index (χ1n) is 12.1. The van der Waals surface area contributed by atoms with Crippen LogP contribution in [0.4, 0.5) is 20.4 Å². The average Bonchev–Trinajstić information content (AvgIpc) is 3.40. The van der Waals surface area contributed by atoms with Crippen molar-refractivity contribution in [2.75, 3.05) is 37.4 Å². The number of hydrogen-bond acceptors (Lipinski definition) is 8. The van der Waals surface area contributed by atoms with Gasteiger partial charge in [0.2, 0.25) is 11.8 Å². The van der Waals surface area contributed by atoms with E-state index in [4.69, 9.17) is 19.9 Å². The summed E-state index contributed by atoms with van der Waals surface area (Å²) in [5.41, 5.74) is 8.70. The molecule has 1 saturated heterocycles. The Labute approximate surface area is 224 Å². The van der Waals surface area contributed by atoms with Gasteiger partial charge >= 0.3 is 0 Å². The number of hydrogen-bond donors (Lipinski definition) is 2. The minimum Gasteiger partial charge on any atom is -0.491 e. The van der Waals surface area contributed by atoms with Crippen molar-refractivity contribution in [3.05, 3.63) is 59.9 Å². The molecular weight excluding hydrogens is 528 g/mol. The number of nitrogens with two attached hydrogens (primary N) is 1. The molecule has 9 nitrogen and oxygen atoms in total. The largest absolute Gasteiger partial charge is 0.491 e. The quantitative estimate of drug-likeness (QED) is 0.307. The van der Waals surface area contributed by atoms with Crippen LogP contribution in [0.15, 0.2) is 47.5 Å². The fourth-order valence-corrected chi connectivity index (χ4v) is 5.66. The van der Waals surface area contributed by atoms with E-state index in [-0.39, 0.29) is 28.3 Å². The fraction of sp³-hybridized carbons (Fsp3) is 0.259. The Bertz CT molecular complexity index is 1660. The minimum atomic E-state index is -3.45. The van der Waals surface area contributed by atoms with Gasteiger partial charge in [0.15, 0.2) is 0 Å². The number of rotatable bonds is 8. The lowest BCUT2D eigenvalue weighted by Crippen LogP contribution is -2.15. The summed E-state index contributed by atoms with van der Waals surface area (Å²) in [5, 5.41) is 0.735. The highest BCUT2D eigenvalue weighted by Gasteiger charge is 2.20. The first-order chi connectivity index (χ1) is 18.6. The highest BCUT2D eigenvalue weighted by Crippen LogP contribution is 2.36. The number of anilines is 2. The SMILES string of the molecule is C=S(=O)(Nc1cc(-c2cc(OCC3CCOC3)c3nc(N)nc(C)c3c2)cnc1OC)c1ccc(F)cc1F. The Kier molecular flexibility index (Phi) is 7.23. The number of halogens is 2. The summed E-state index contributed by atoms with van der Waals surface area (Å²) in [6.45, 7) is 3.60. The number of fused-ring (bicyclic) bond motifs is 1. The number of ether oxygens (including phenoxy) is 3. The van der Waals surface area contributed by atoms with Crippen LogP contribution in [-0.4, -0.2) is 52.0 Å². The zero-order valence-corrected chi connectivity index (χ0v) is 22.2.